The van der Waals surface area contributed by atoms with Crippen molar-refractivity contribution in [3.63, 3.8) is 0 Å². The van der Waals surface area contributed by atoms with Crippen LogP contribution in [0.15, 0.2) is 70.9 Å². The molecule has 0 fully saturated rings. The van der Waals surface area contributed by atoms with Gasteiger partial charge < -0.3 is 14.2 Å². The molecular weight excluding hydrogens is 460 g/mol. The third-order valence-corrected chi connectivity index (χ3v) is 5.48. The second-order valence-electron chi connectivity index (χ2n) is 7.00. The number of hydrogen-bond acceptors (Lipinski definition) is 5. The van der Waals surface area contributed by atoms with Gasteiger partial charge >= 0.3 is 0 Å². The van der Waals surface area contributed by atoms with Crippen LogP contribution >= 0.6 is 15.9 Å². The van der Waals surface area contributed by atoms with Crippen LogP contribution in [0.5, 0.6) is 17.2 Å². The van der Waals surface area contributed by atoms with Crippen LogP contribution in [0.4, 0.5) is 0 Å². The van der Waals surface area contributed by atoms with Gasteiger partial charge in [0.15, 0.2) is 18.1 Å². The average molecular weight is 479 g/mol. The van der Waals surface area contributed by atoms with Crippen LogP contribution in [0.3, 0.4) is 0 Å². The van der Waals surface area contributed by atoms with Crippen LogP contribution in [0.2, 0.25) is 0 Å². The molecule has 0 aliphatic carbocycles. The van der Waals surface area contributed by atoms with Gasteiger partial charge in [-0.1, -0.05) is 40.2 Å². The first-order valence-electron chi connectivity index (χ1n) is 9.59. The third kappa shape index (κ3) is 4.39. The van der Waals surface area contributed by atoms with Crippen LogP contribution in [0.1, 0.15) is 31.8 Å². The predicted molar refractivity (Wildman–Crippen MR) is 121 cm³/mol. The van der Waals surface area contributed by atoms with Crippen LogP contribution in [-0.4, -0.2) is 25.3 Å². The Labute approximate surface area is 188 Å². The largest absolute Gasteiger partial charge is 0.497 e. The summed E-state index contributed by atoms with van der Waals surface area (Å²) in [4.78, 5) is 25.2. The van der Waals surface area contributed by atoms with E-state index in [9.17, 15) is 9.59 Å². The van der Waals surface area contributed by atoms with Gasteiger partial charge in [0.25, 0.3) is 0 Å². The van der Waals surface area contributed by atoms with E-state index in [0.29, 0.717) is 33.9 Å². The normalized spacial score (nSPS) is 13.6. The van der Waals surface area contributed by atoms with Crippen molar-refractivity contribution in [2.75, 3.05) is 13.7 Å². The lowest BCUT2D eigenvalue weighted by molar-refractivity contribution is 0.0920. The smallest absolute Gasteiger partial charge is 0.231 e. The molecule has 6 heteroatoms. The van der Waals surface area contributed by atoms with Crippen LogP contribution in [-0.2, 0) is 0 Å². The molecule has 0 aromatic heterocycles. The van der Waals surface area contributed by atoms with Crippen molar-refractivity contribution in [3.8, 4) is 17.2 Å². The van der Waals surface area contributed by atoms with E-state index >= 15 is 0 Å². The maximum atomic E-state index is 12.8. The van der Waals surface area contributed by atoms with Crippen molar-refractivity contribution < 1.29 is 23.8 Å². The molecule has 31 heavy (non-hydrogen) atoms. The number of carbonyl (C=O) groups excluding carboxylic acids is 2. The standard InChI is InChI=1S/C25H19BrO5/c1-15-22(30-14-21(27)17-6-8-18(26)9-7-17)11-10-20-24(28)23(31-25(15)20)13-16-4-3-5-19(12-16)29-2/h3-13H,14H2,1-2H3/b23-13-. The minimum Gasteiger partial charge on any atom is -0.497 e. The van der Waals surface area contributed by atoms with Crippen LogP contribution in [0.25, 0.3) is 6.08 Å². The zero-order valence-electron chi connectivity index (χ0n) is 17.0. The Balaban J connectivity index is 1.52. The van der Waals surface area contributed by atoms with Crippen molar-refractivity contribution >= 4 is 33.6 Å². The molecule has 3 aromatic carbocycles. The number of benzene rings is 3. The zero-order chi connectivity index (χ0) is 22.0. The molecule has 0 saturated carbocycles. The lowest BCUT2D eigenvalue weighted by atomic mass is 10.1. The highest BCUT2D eigenvalue weighted by atomic mass is 79.9. The number of ether oxygens (including phenoxy) is 3. The Hall–Kier alpha value is -3.38. The van der Waals surface area contributed by atoms with Gasteiger partial charge in [-0.2, -0.15) is 0 Å². The van der Waals surface area contributed by atoms with Gasteiger partial charge in [0, 0.05) is 15.6 Å². The fourth-order valence-corrected chi connectivity index (χ4v) is 3.53. The number of fused-ring (bicyclic) bond motifs is 1. The summed E-state index contributed by atoms with van der Waals surface area (Å²) < 4.78 is 17.7. The van der Waals surface area contributed by atoms with Gasteiger partial charge in [0.05, 0.1) is 12.7 Å². The Morgan fingerprint density at radius 3 is 2.61 bits per heavy atom. The Morgan fingerprint density at radius 2 is 1.87 bits per heavy atom. The first-order valence-corrected chi connectivity index (χ1v) is 10.4. The molecule has 0 unspecified atom stereocenters. The highest BCUT2D eigenvalue weighted by molar-refractivity contribution is 9.10. The fraction of sp³-hybridized carbons (Fsp3) is 0.120. The quantitative estimate of drug-likeness (QED) is 0.338. The van der Waals surface area contributed by atoms with E-state index in [1.54, 1.807) is 44.4 Å². The molecule has 4 rings (SSSR count). The van der Waals surface area contributed by atoms with Gasteiger partial charge in [-0.3, -0.25) is 9.59 Å². The zero-order valence-corrected chi connectivity index (χ0v) is 18.6. The molecular formula is C25H19BrO5. The second-order valence-corrected chi connectivity index (χ2v) is 7.92. The molecule has 0 radical (unpaired) electrons. The Morgan fingerprint density at radius 1 is 1.10 bits per heavy atom. The van der Waals surface area contributed by atoms with Crippen molar-refractivity contribution in [1.29, 1.82) is 0 Å². The first kappa shape index (κ1) is 20.9. The molecule has 1 heterocycles. The van der Waals surface area contributed by atoms with E-state index < -0.39 is 0 Å². The monoisotopic (exact) mass is 478 g/mol. The van der Waals surface area contributed by atoms with Crippen molar-refractivity contribution in [1.82, 2.24) is 0 Å². The summed E-state index contributed by atoms with van der Waals surface area (Å²) in [5, 5.41) is 0. The molecule has 5 nitrogen and oxygen atoms in total. The first-order chi connectivity index (χ1) is 15.0. The highest BCUT2D eigenvalue weighted by Crippen LogP contribution is 2.39. The number of carbonyl (C=O) groups is 2. The number of halogens is 1. The number of allylic oxidation sites excluding steroid dienone is 1. The minimum absolute atomic E-state index is 0.109. The topological polar surface area (TPSA) is 61.8 Å². The van der Waals surface area contributed by atoms with Crippen LogP contribution in [0, 0.1) is 6.92 Å². The van der Waals surface area contributed by atoms with Gasteiger partial charge in [-0.25, -0.2) is 0 Å². The van der Waals surface area contributed by atoms with E-state index in [0.717, 1.165) is 10.0 Å². The maximum absolute atomic E-state index is 12.8. The molecule has 0 spiro atoms. The third-order valence-electron chi connectivity index (χ3n) is 4.95. The van der Waals surface area contributed by atoms with E-state index in [1.807, 2.05) is 36.4 Å². The lowest BCUT2D eigenvalue weighted by Crippen LogP contribution is -2.12. The summed E-state index contributed by atoms with van der Waals surface area (Å²) in [6.45, 7) is 1.70. The molecule has 156 valence electrons. The predicted octanol–water partition coefficient (Wildman–Crippen LogP) is 5.64. The van der Waals surface area contributed by atoms with Gasteiger partial charge in [0.2, 0.25) is 5.78 Å². The summed E-state index contributed by atoms with van der Waals surface area (Å²) in [6, 6.07) is 17.8. The number of ketones is 2. The highest BCUT2D eigenvalue weighted by Gasteiger charge is 2.30. The molecule has 1 aliphatic rings. The SMILES string of the molecule is COc1cccc(/C=C2\Oc3c(ccc(OCC(=O)c4ccc(Br)cc4)c3C)C2=O)c1. The molecule has 0 atom stereocenters. The van der Waals surface area contributed by atoms with Crippen molar-refractivity contribution in [2.24, 2.45) is 0 Å². The molecule has 0 saturated heterocycles. The second kappa shape index (κ2) is 8.78. The lowest BCUT2D eigenvalue weighted by Gasteiger charge is -2.11. The Kier molecular flexibility index (Phi) is 5.91. The molecule has 1 aliphatic heterocycles. The number of methoxy groups -OCH3 is 1. The Bertz CT molecular complexity index is 1200. The molecule has 0 amide bonds. The maximum Gasteiger partial charge on any atom is 0.231 e. The van der Waals surface area contributed by atoms with Crippen LogP contribution < -0.4 is 14.2 Å². The fourth-order valence-electron chi connectivity index (χ4n) is 3.27. The summed E-state index contributed by atoms with van der Waals surface area (Å²) in [6.07, 6.45) is 1.68. The van der Waals surface area contributed by atoms with E-state index in [1.165, 1.54) is 0 Å². The molecule has 0 bridgehead atoms. The van der Waals surface area contributed by atoms with E-state index in [4.69, 9.17) is 14.2 Å². The number of rotatable bonds is 6. The number of Topliss-reactive ketones (excluding diaryl/α,β-unsaturated/α-hetero) is 2. The molecule has 0 N–H and O–H groups in total. The summed E-state index contributed by atoms with van der Waals surface area (Å²) in [5.41, 5.74) is 2.50. The van der Waals surface area contributed by atoms with Gasteiger partial charge in [-0.05, 0) is 55.0 Å². The summed E-state index contributed by atoms with van der Waals surface area (Å²) in [5.74, 6) is 1.54. The number of hydrogen-bond donors (Lipinski definition) is 0. The van der Waals surface area contributed by atoms with E-state index in [-0.39, 0.29) is 23.9 Å². The van der Waals surface area contributed by atoms with Crippen molar-refractivity contribution in [2.45, 2.75) is 6.92 Å². The molecule has 3 aromatic rings. The van der Waals surface area contributed by atoms with Gasteiger partial charge in [-0.15, -0.1) is 0 Å². The van der Waals surface area contributed by atoms with E-state index in [2.05, 4.69) is 15.9 Å². The average Bonchev–Trinajstić information content (AvgIpc) is 3.10. The van der Waals surface area contributed by atoms with Gasteiger partial charge in [0.1, 0.15) is 17.2 Å². The summed E-state index contributed by atoms with van der Waals surface area (Å²) in [7, 11) is 1.59. The summed E-state index contributed by atoms with van der Waals surface area (Å²) >= 11 is 3.35. The minimum atomic E-state index is -0.196. The van der Waals surface area contributed by atoms with Crippen molar-refractivity contribution in [3.05, 3.63) is 93.1 Å².